The maximum absolute atomic E-state index is 13.1. The van der Waals surface area contributed by atoms with Gasteiger partial charge in [0.15, 0.2) is 0 Å². The highest BCUT2D eigenvalue weighted by atomic mass is 16.5. The average molecular weight is 465 g/mol. The highest BCUT2D eigenvalue weighted by Gasteiger charge is 2.38. The lowest BCUT2D eigenvalue weighted by molar-refractivity contribution is -0.134. The summed E-state index contributed by atoms with van der Waals surface area (Å²) >= 11 is 0. The molecule has 0 bridgehead atoms. The van der Waals surface area contributed by atoms with Crippen molar-refractivity contribution >= 4 is 11.8 Å². The van der Waals surface area contributed by atoms with Gasteiger partial charge in [-0.05, 0) is 74.4 Å². The summed E-state index contributed by atoms with van der Waals surface area (Å²) in [4.78, 5) is 27.3. The highest BCUT2D eigenvalue weighted by molar-refractivity contribution is 5.80. The Morgan fingerprint density at radius 3 is 2.76 bits per heavy atom. The van der Waals surface area contributed by atoms with Crippen LogP contribution >= 0.6 is 0 Å². The minimum absolute atomic E-state index is 0.0710. The molecule has 6 heteroatoms. The molecule has 182 valence electrons. The van der Waals surface area contributed by atoms with E-state index < -0.39 is 0 Å². The summed E-state index contributed by atoms with van der Waals surface area (Å²) in [5.74, 6) is 2.28. The number of amides is 2. The Bertz CT molecular complexity index is 1010. The van der Waals surface area contributed by atoms with Crippen LogP contribution in [0.25, 0.3) is 0 Å². The number of likely N-dealkylation sites (tertiary alicyclic amines) is 1. The van der Waals surface area contributed by atoms with Gasteiger partial charge in [-0.15, -0.1) is 0 Å². The summed E-state index contributed by atoms with van der Waals surface area (Å²) in [7, 11) is 1.66. The zero-order valence-corrected chi connectivity index (χ0v) is 20.3. The van der Waals surface area contributed by atoms with Crippen LogP contribution in [-0.4, -0.2) is 49.1 Å². The number of nitrogens with one attached hydrogen (secondary N) is 1. The lowest BCUT2D eigenvalue weighted by Crippen LogP contribution is -2.46. The largest absolute Gasteiger partial charge is 0.497 e. The number of carbonyl (C=O) groups excluding carboxylic acids is 2. The molecule has 34 heavy (non-hydrogen) atoms. The molecule has 2 amide bonds. The van der Waals surface area contributed by atoms with Crippen LogP contribution in [0.3, 0.4) is 0 Å². The molecule has 4 rings (SSSR count). The lowest BCUT2D eigenvalue weighted by atomic mass is 9.84. The van der Waals surface area contributed by atoms with Gasteiger partial charge in [-0.2, -0.15) is 0 Å². The van der Waals surface area contributed by atoms with Crippen LogP contribution in [0.4, 0.5) is 0 Å². The first-order valence-corrected chi connectivity index (χ1v) is 12.4. The van der Waals surface area contributed by atoms with Gasteiger partial charge in [0, 0.05) is 37.4 Å². The minimum Gasteiger partial charge on any atom is -0.497 e. The van der Waals surface area contributed by atoms with Crippen molar-refractivity contribution < 1.29 is 19.1 Å². The summed E-state index contributed by atoms with van der Waals surface area (Å²) < 4.78 is 11.4. The second kappa shape index (κ2) is 10.9. The predicted molar refractivity (Wildman–Crippen MR) is 132 cm³/mol. The quantitative estimate of drug-likeness (QED) is 0.601. The van der Waals surface area contributed by atoms with E-state index in [9.17, 15) is 9.59 Å². The number of carbonyl (C=O) groups is 2. The summed E-state index contributed by atoms with van der Waals surface area (Å²) in [6, 6.07) is 16.0. The Morgan fingerprint density at radius 1 is 1.18 bits per heavy atom. The van der Waals surface area contributed by atoms with E-state index in [1.54, 1.807) is 7.11 Å². The maximum atomic E-state index is 13.1. The van der Waals surface area contributed by atoms with Gasteiger partial charge in [-0.1, -0.05) is 24.3 Å². The van der Waals surface area contributed by atoms with Crippen LogP contribution in [0.1, 0.15) is 49.7 Å². The number of nitrogens with zero attached hydrogens (tertiary/aromatic N) is 1. The Balaban J connectivity index is 1.32. The van der Waals surface area contributed by atoms with Gasteiger partial charge in [0.05, 0.1) is 13.7 Å². The van der Waals surface area contributed by atoms with Crippen molar-refractivity contribution in [2.24, 2.45) is 5.92 Å². The number of ether oxygens (including phenoxy) is 2. The van der Waals surface area contributed by atoms with Gasteiger partial charge >= 0.3 is 0 Å². The normalized spacial score (nSPS) is 22.4. The van der Waals surface area contributed by atoms with Gasteiger partial charge in [-0.3, -0.25) is 9.59 Å². The van der Waals surface area contributed by atoms with Crippen LogP contribution in [0.2, 0.25) is 0 Å². The van der Waals surface area contributed by atoms with E-state index in [0.29, 0.717) is 38.2 Å². The molecule has 0 saturated carbocycles. The fourth-order valence-electron chi connectivity index (χ4n) is 5.21. The van der Waals surface area contributed by atoms with Crippen LogP contribution in [0, 0.1) is 12.8 Å². The summed E-state index contributed by atoms with van der Waals surface area (Å²) in [5, 5.41) is 3.19. The smallest absolute Gasteiger partial charge is 0.222 e. The Morgan fingerprint density at radius 2 is 2.00 bits per heavy atom. The Labute approximate surface area is 202 Å². The zero-order chi connectivity index (χ0) is 24.0. The van der Waals surface area contributed by atoms with Crippen molar-refractivity contribution in [3.05, 3.63) is 59.7 Å². The number of piperidine rings is 1. The fraction of sp³-hybridized carbons (Fsp3) is 0.500. The molecule has 0 spiro atoms. The standard InChI is InChI=1S/C28H36N2O4/c1-21-6-3-10-25(16-21)34-20-23-8-5-15-30(19-23)27(32)12-14-28(13-11-26(31)29-28)18-22-7-4-9-24(17-22)33-2/h3-4,6-7,9-10,16-17,23H,5,8,11-15,18-20H2,1-2H3,(H,29,31)/t23-,28+/m1/s1. The van der Waals surface area contributed by atoms with E-state index >= 15 is 0 Å². The van der Waals surface area contributed by atoms with Crippen molar-refractivity contribution in [3.63, 3.8) is 0 Å². The Hall–Kier alpha value is -3.02. The van der Waals surface area contributed by atoms with Crippen molar-refractivity contribution in [2.75, 3.05) is 26.8 Å². The molecular formula is C28H36N2O4. The first-order valence-electron chi connectivity index (χ1n) is 12.4. The number of methoxy groups -OCH3 is 1. The molecule has 1 N–H and O–H groups in total. The monoisotopic (exact) mass is 464 g/mol. The third-order valence-corrected chi connectivity index (χ3v) is 7.08. The molecule has 0 radical (unpaired) electrons. The molecule has 2 aliphatic heterocycles. The molecule has 2 heterocycles. The van der Waals surface area contributed by atoms with Crippen LogP contribution in [0.5, 0.6) is 11.5 Å². The van der Waals surface area contributed by atoms with Crippen LogP contribution in [-0.2, 0) is 16.0 Å². The average Bonchev–Trinajstić information content (AvgIpc) is 3.22. The molecule has 2 fully saturated rings. The number of benzene rings is 2. The molecule has 2 aromatic carbocycles. The Kier molecular flexibility index (Phi) is 7.76. The zero-order valence-electron chi connectivity index (χ0n) is 20.3. The first kappa shape index (κ1) is 24.1. The molecule has 2 atom stereocenters. The second-order valence-corrected chi connectivity index (χ2v) is 9.83. The topological polar surface area (TPSA) is 67.9 Å². The molecule has 0 unspecified atom stereocenters. The first-order chi connectivity index (χ1) is 16.4. The fourth-order valence-corrected chi connectivity index (χ4v) is 5.21. The van der Waals surface area contributed by atoms with Crippen LogP contribution < -0.4 is 14.8 Å². The van der Waals surface area contributed by atoms with E-state index in [1.165, 1.54) is 5.56 Å². The molecule has 0 aromatic heterocycles. The summed E-state index contributed by atoms with van der Waals surface area (Å²) in [5.41, 5.74) is 1.92. The van der Waals surface area contributed by atoms with Crippen molar-refractivity contribution in [1.82, 2.24) is 10.2 Å². The number of rotatable bonds is 9. The predicted octanol–water partition coefficient (Wildman–Crippen LogP) is 4.29. The highest BCUT2D eigenvalue weighted by Crippen LogP contribution is 2.31. The van der Waals surface area contributed by atoms with Gasteiger partial charge < -0.3 is 19.7 Å². The number of hydrogen-bond acceptors (Lipinski definition) is 4. The molecule has 0 aliphatic carbocycles. The molecule has 2 aromatic rings. The second-order valence-electron chi connectivity index (χ2n) is 9.83. The van der Waals surface area contributed by atoms with Gasteiger partial charge in [0.25, 0.3) is 0 Å². The number of hydrogen-bond donors (Lipinski definition) is 1. The third kappa shape index (κ3) is 6.31. The van der Waals surface area contributed by atoms with Gasteiger partial charge in [-0.25, -0.2) is 0 Å². The van der Waals surface area contributed by atoms with Crippen molar-refractivity contribution in [2.45, 2.75) is 57.4 Å². The molecule has 2 aliphatic rings. The SMILES string of the molecule is COc1cccc(C[C@@]2(CCC(=O)N3CCC[C@@H](COc4cccc(C)c4)C3)CCC(=O)N2)c1. The van der Waals surface area contributed by atoms with Gasteiger partial charge in [0.1, 0.15) is 11.5 Å². The van der Waals surface area contributed by atoms with Crippen LogP contribution in [0.15, 0.2) is 48.5 Å². The van der Waals surface area contributed by atoms with E-state index in [-0.39, 0.29) is 17.4 Å². The van der Waals surface area contributed by atoms with Crippen molar-refractivity contribution in [1.29, 1.82) is 0 Å². The van der Waals surface area contributed by atoms with E-state index in [2.05, 4.69) is 24.4 Å². The van der Waals surface area contributed by atoms with E-state index in [1.807, 2.05) is 41.3 Å². The number of aryl methyl sites for hydroxylation is 1. The third-order valence-electron chi connectivity index (χ3n) is 7.08. The van der Waals surface area contributed by atoms with E-state index in [4.69, 9.17) is 9.47 Å². The maximum Gasteiger partial charge on any atom is 0.222 e. The minimum atomic E-state index is -0.372. The van der Waals surface area contributed by atoms with E-state index in [0.717, 1.165) is 49.4 Å². The summed E-state index contributed by atoms with van der Waals surface area (Å²) in [6.45, 7) is 4.22. The summed E-state index contributed by atoms with van der Waals surface area (Å²) in [6.07, 6.45) is 5.13. The van der Waals surface area contributed by atoms with Gasteiger partial charge in [0.2, 0.25) is 11.8 Å². The molecule has 2 saturated heterocycles. The molecule has 6 nitrogen and oxygen atoms in total. The van der Waals surface area contributed by atoms with Crippen molar-refractivity contribution in [3.8, 4) is 11.5 Å². The lowest BCUT2D eigenvalue weighted by Gasteiger charge is -2.34. The molecular weight excluding hydrogens is 428 g/mol.